The average Bonchev–Trinajstić information content (AvgIpc) is 2.33. The van der Waals surface area contributed by atoms with E-state index in [2.05, 4.69) is 25.5 Å². The summed E-state index contributed by atoms with van der Waals surface area (Å²) in [6.45, 7) is 3.81. The Morgan fingerprint density at radius 3 is 2.76 bits per heavy atom. The Morgan fingerprint density at radius 1 is 1.29 bits per heavy atom. The van der Waals surface area contributed by atoms with E-state index < -0.39 is 0 Å². The zero-order chi connectivity index (χ0) is 12.5. The molecule has 0 aliphatic carbocycles. The number of nitriles is 1. The highest BCUT2D eigenvalue weighted by atomic mass is 16.5. The Balaban J connectivity index is 2.20. The number of hydrogen-bond donors (Lipinski definition) is 2. The maximum absolute atomic E-state index is 8.88. The van der Waals surface area contributed by atoms with Gasteiger partial charge in [0.2, 0.25) is 0 Å². The van der Waals surface area contributed by atoms with Gasteiger partial charge in [-0.1, -0.05) is 12.1 Å². The average molecular weight is 235 g/mol. The van der Waals surface area contributed by atoms with Gasteiger partial charge in [0.15, 0.2) is 0 Å². The van der Waals surface area contributed by atoms with Gasteiger partial charge in [0.1, 0.15) is 38.1 Å². The summed E-state index contributed by atoms with van der Waals surface area (Å²) in [6.07, 6.45) is 0. The molecule has 17 heavy (non-hydrogen) atoms. The molecular weight excluding hydrogens is 214 g/mol. The van der Waals surface area contributed by atoms with Crippen molar-refractivity contribution in [2.24, 2.45) is 0 Å². The molecule has 0 aromatic heterocycles. The van der Waals surface area contributed by atoms with Gasteiger partial charge in [0, 0.05) is 0 Å². The van der Waals surface area contributed by atoms with Crippen LogP contribution in [-0.4, -0.2) is 40.3 Å². The highest BCUT2D eigenvalue weighted by molar-refractivity contribution is 5.42. The molecule has 1 aromatic rings. The topological polar surface area (TPSA) is 54.1 Å². The van der Waals surface area contributed by atoms with E-state index in [0.29, 0.717) is 17.9 Å². The van der Waals surface area contributed by atoms with E-state index in [1.165, 1.54) is 4.90 Å². The third-order valence-electron chi connectivity index (χ3n) is 2.44. The number of hydrogen-bond acceptors (Lipinski definition) is 2. The Labute approximate surface area is 103 Å². The Kier molecular flexibility index (Phi) is 6.08. The van der Waals surface area contributed by atoms with Crippen LogP contribution in [0.25, 0.3) is 0 Å². The molecule has 0 saturated carbocycles. The first-order valence-electron chi connectivity index (χ1n) is 5.96. The first kappa shape index (κ1) is 13.5. The van der Waals surface area contributed by atoms with Crippen molar-refractivity contribution in [1.82, 2.24) is 0 Å². The molecule has 0 aliphatic heterocycles. The molecule has 0 heterocycles. The number of rotatable bonds is 7. The number of ether oxygens (including phenoxy) is 1. The lowest BCUT2D eigenvalue weighted by Gasteiger charge is -2.08. The lowest BCUT2D eigenvalue weighted by Crippen LogP contribution is -3.09. The Hall–Kier alpha value is -1.57. The summed E-state index contributed by atoms with van der Waals surface area (Å²) >= 11 is 0. The molecule has 1 rings (SSSR count). The standard InChI is InChI=1S/C13H19N3O/c1-16(2)9-7-15-8-10-17-13-6-4-3-5-12(13)11-14/h3-6,15H,7-10H2,1-2H3/p+2. The van der Waals surface area contributed by atoms with Crippen molar-refractivity contribution in [3.05, 3.63) is 29.8 Å². The van der Waals surface area contributed by atoms with E-state index in [9.17, 15) is 0 Å². The summed E-state index contributed by atoms with van der Waals surface area (Å²) in [4.78, 5) is 1.46. The SMILES string of the molecule is C[NH+](C)CC[NH2+]CCOc1ccccc1C#N. The summed E-state index contributed by atoms with van der Waals surface area (Å²) in [6, 6.07) is 9.46. The fourth-order valence-electron chi connectivity index (χ4n) is 1.47. The number of likely N-dealkylation sites (N-methyl/N-ethyl adjacent to an activating group) is 1. The fourth-order valence-corrected chi connectivity index (χ4v) is 1.47. The number of benzene rings is 1. The summed E-state index contributed by atoms with van der Waals surface area (Å²) in [5.74, 6) is 0.682. The van der Waals surface area contributed by atoms with Crippen molar-refractivity contribution in [2.45, 2.75) is 0 Å². The minimum atomic E-state index is 0.602. The smallest absolute Gasteiger partial charge is 0.137 e. The fraction of sp³-hybridized carbons (Fsp3) is 0.462. The van der Waals surface area contributed by atoms with Gasteiger partial charge in [-0.2, -0.15) is 5.26 Å². The van der Waals surface area contributed by atoms with Crippen molar-refractivity contribution in [1.29, 1.82) is 5.26 Å². The Bertz CT molecular complexity index is 371. The van der Waals surface area contributed by atoms with E-state index >= 15 is 0 Å². The van der Waals surface area contributed by atoms with Crippen LogP contribution in [0.4, 0.5) is 0 Å². The van der Waals surface area contributed by atoms with Crippen LogP contribution in [0.2, 0.25) is 0 Å². The minimum Gasteiger partial charge on any atom is -0.486 e. The van der Waals surface area contributed by atoms with Crippen molar-refractivity contribution in [3.8, 4) is 11.8 Å². The molecule has 0 saturated heterocycles. The van der Waals surface area contributed by atoms with Gasteiger partial charge in [-0.05, 0) is 12.1 Å². The second-order valence-corrected chi connectivity index (χ2v) is 4.28. The van der Waals surface area contributed by atoms with E-state index in [0.717, 1.165) is 19.6 Å². The third-order valence-corrected chi connectivity index (χ3v) is 2.44. The molecule has 0 radical (unpaired) electrons. The molecule has 0 unspecified atom stereocenters. The van der Waals surface area contributed by atoms with Crippen LogP contribution < -0.4 is 15.0 Å². The Morgan fingerprint density at radius 2 is 2.06 bits per heavy atom. The molecule has 4 heteroatoms. The maximum atomic E-state index is 8.88. The number of nitrogens with two attached hydrogens (primary N) is 1. The molecular formula is C13H21N3O+2. The van der Waals surface area contributed by atoms with Gasteiger partial charge in [0.25, 0.3) is 0 Å². The first-order chi connectivity index (χ1) is 8.24. The van der Waals surface area contributed by atoms with Crippen molar-refractivity contribution >= 4 is 0 Å². The third kappa shape index (κ3) is 5.34. The van der Waals surface area contributed by atoms with Gasteiger partial charge in [0.05, 0.1) is 19.7 Å². The molecule has 0 spiro atoms. The number of nitrogens with one attached hydrogen (secondary N) is 1. The van der Waals surface area contributed by atoms with Crippen LogP contribution in [0, 0.1) is 11.3 Å². The predicted octanol–water partition coefficient (Wildman–Crippen LogP) is -1.36. The molecule has 0 amide bonds. The highest BCUT2D eigenvalue weighted by Gasteiger charge is 2.01. The molecule has 0 bridgehead atoms. The van der Waals surface area contributed by atoms with Gasteiger partial charge < -0.3 is 15.0 Å². The largest absolute Gasteiger partial charge is 0.486 e. The van der Waals surface area contributed by atoms with Crippen LogP contribution in [0.15, 0.2) is 24.3 Å². The zero-order valence-electron chi connectivity index (χ0n) is 10.6. The zero-order valence-corrected chi connectivity index (χ0v) is 10.6. The molecule has 4 nitrogen and oxygen atoms in total. The molecule has 1 aromatic carbocycles. The van der Waals surface area contributed by atoms with Crippen LogP contribution in [0.3, 0.4) is 0 Å². The van der Waals surface area contributed by atoms with E-state index in [-0.39, 0.29) is 0 Å². The van der Waals surface area contributed by atoms with Crippen LogP contribution in [0.5, 0.6) is 5.75 Å². The van der Waals surface area contributed by atoms with Crippen molar-refractivity contribution in [3.63, 3.8) is 0 Å². The number of nitrogens with zero attached hydrogens (tertiary/aromatic N) is 1. The minimum absolute atomic E-state index is 0.602. The number of quaternary nitrogens is 2. The highest BCUT2D eigenvalue weighted by Crippen LogP contribution is 2.15. The summed E-state index contributed by atoms with van der Waals surface area (Å²) in [5.41, 5.74) is 0.602. The lowest BCUT2D eigenvalue weighted by molar-refractivity contribution is -0.874. The molecule has 0 fully saturated rings. The first-order valence-corrected chi connectivity index (χ1v) is 5.96. The second-order valence-electron chi connectivity index (χ2n) is 4.28. The monoisotopic (exact) mass is 235 g/mol. The van der Waals surface area contributed by atoms with Gasteiger partial charge in [-0.15, -0.1) is 0 Å². The van der Waals surface area contributed by atoms with E-state index in [4.69, 9.17) is 10.00 Å². The van der Waals surface area contributed by atoms with Gasteiger partial charge >= 0.3 is 0 Å². The van der Waals surface area contributed by atoms with E-state index in [1.54, 1.807) is 6.07 Å². The van der Waals surface area contributed by atoms with Crippen molar-refractivity contribution in [2.75, 3.05) is 40.3 Å². The quantitative estimate of drug-likeness (QED) is 0.574. The van der Waals surface area contributed by atoms with Gasteiger partial charge in [-0.3, -0.25) is 0 Å². The molecule has 3 N–H and O–H groups in total. The summed E-state index contributed by atoms with van der Waals surface area (Å²) < 4.78 is 5.57. The maximum Gasteiger partial charge on any atom is 0.137 e. The lowest BCUT2D eigenvalue weighted by atomic mass is 10.2. The summed E-state index contributed by atoms with van der Waals surface area (Å²) in [5, 5.41) is 11.1. The second kappa shape index (κ2) is 7.66. The van der Waals surface area contributed by atoms with Crippen LogP contribution in [0.1, 0.15) is 5.56 Å². The van der Waals surface area contributed by atoms with E-state index in [1.807, 2.05) is 18.2 Å². The molecule has 0 aliphatic rings. The predicted molar refractivity (Wildman–Crippen MR) is 66.0 cm³/mol. The number of para-hydroxylation sites is 1. The van der Waals surface area contributed by atoms with Crippen LogP contribution >= 0.6 is 0 Å². The normalized spacial score (nSPS) is 10.2. The molecule has 0 atom stereocenters. The van der Waals surface area contributed by atoms with Crippen molar-refractivity contribution < 1.29 is 15.0 Å². The molecule has 92 valence electrons. The van der Waals surface area contributed by atoms with Gasteiger partial charge in [-0.25, -0.2) is 0 Å². The van der Waals surface area contributed by atoms with Crippen LogP contribution in [-0.2, 0) is 0 Å². The summed E-state index contributed by atoms with van der Waals surface area (Å²) in [7, 11) is 4.29.